The maximum atomic E-state index is 12.4. The van der Waals surface area contributed by atoms with Crippen LogP contribution in [0.3, 0.4) is 0 Å². The van der Waals surface area contributed by atoms with Crippen LogP contribution >= 0.6 is 0 Å². The van der Waals surface area contributed by atoms with Gasteiger partial charge in [0.05, 0.1) is 18.8 Å². The van der Waals surface area contributed by atoms with Crippen molar-refractivity contribution in [3.63, 3.8) is 0 Å². The van der Waals surface area contributed by atoms with Crippen molar-refractivity contribution in [2.24, 2.45) is 0 Å². The van der Waals surface area contributed by atoms with Gasteiger partial charge in [-0.1, -0.05) is 26.3 Å². The van der Waals surface area contributed by atoms with Crippen LogP contribution in [0.25, 0.3) is 11.2 Å². The molecule has 3 heterocycles. The minimum absolute atomic E-state index is 0.153. The van der Waals surface area contributed by atoms with Gasteiger partial charge in [0.1, 0.15) is 0 Å². The van der Waals surface area contributed by atoms with Crippen molar-refractivity contribution < 1.29 is 14.6 Å². The molecule has 1 saturated carbocycles. The number of fused-ring (bicyclic) bond motifs is 1. The fraction of sp³-hybridized carbons (Fsp3) is 0.522. The number of rotatable bonds is 10. The van der Waals surface area contributed by atoms with Gasteiger partial charge in [0.2, 0.25) is 5.91 Å². The highest BCUT2D eigenvalue weighted by atomic mass is 16.5. The zero-order valence-electron chi connectivity index (χ0n) is 19.2. The molecule has 0 bridgehead atoms. The molecule has 0 atom stereocenters. The Kier molecular flexibility index (Phi) is 6.90. The van der Waals surface area contributed by atoms with Gasteiger partial charge in [-0.2, -0.15) is 15.0 Å². The SMILES string of the molecule is CCCCOc1nc(N)c2nc(O)n(Cc3ccc(CN(C(=O)CC)C4CCC4)cn3)c2n1. The number of carbonyl (C=O) groups is 1. The second-order valence-corrected chi connectivity index (χ2v) is 8.38. The monoisotopic (exact) mass is 453 g/mol. The maximum Gasteiger partial charge on any atom is 0.320 e. The van der Waals surface area contributed by atoms with E-state index >= 15 is 0 Å². The lowest BCUT2D eigenvalue weighted by atomic mass is 9.91. The molecular weight excluding hydrogens is 422 g/mol. The van der Waals surface area contributed by atoms with Crippen molar-refractivity contribution in [1.82, 2.24) is 29.4 Å². The smallest absolute Gasteiger partial charge is 0.320 e. The molecule has 1 fully saturated rings. The van der Waals surface area contributed by atoms with Crippen LogP contribution in [0.15, 0.2) is 18.3 Å². The highest BCUT2D eigenvalue weighted by Crippen LogP contribution is 2.28. The van der Waals surface area contributed by atoms with Gasteiger partial charge < -0.3 is 20.5 Å². The van der Waals surface area contributed by atoms with E-state index in [9.17, 15) is 9.90 Å². The lowest BCUT2D eigenvalue weighted by Gasteiger charge is -2.37. The molecule has 176 valence electrons. The van der Waals surface area contributed by atoms with Crippen molar-refractivity contribution in [2.45, 2.75) is 71.5 Å². The average Bonchev–Trinajstić information content (AvgIpc) is 3.09. The third-order valence-corrected chi connectivity index (χ3v) is 6.01. The summed E-state index contributed by atoms with van der Waals surface area (Å²) >= 11 is 0. The summed E-state index contributed by atoms with van der Waals surface area (Å²) in [6, 6.07) is 4.14. The molecule has 3 aromatic rings. The summed E-state index contributed by atoms with van der Waals surface area (Å²) in [6.45, 7) is 5.27. The number of unbranched alkanes of at least 4 members (excludes halogenated alkanes) is 1. The molecule has 0 saturated heterocycles. The zero-order valence-corrected chi connectivity index (χ0v) is 19.2. The van der Waals surface area contributed by atoms with Gasteiger partial charge in [0, 0.05) is 25.2 Å². The summed E-state index contributed by atoms with van der Waals surface area (Å²) < 4.78 is 7.12. The molecular formula is C23H31N7O3. The summed E-state index contributed by atoms with van der Waals surface area (Å²) in [5, 5.41) is 10.4. The van der Waals surface area contributed by atoms with E-state index in [-0.39, 0.29) is 30.3 Å². The number of amides is 1. The number of hydrogen-bond donors (Lipinski definition) is 2. The summed E-state index contributed by atoms with van der Waals surface area (Å²) in [7, 11) is 0. The molecule has 0 spiro atoms. The van der Waals surface area contributed by atoms with Crippen LogP contribution in [-0.4, -0.2) is 53.1 Å². The van der Waals surface area contributed by atoms with E-state index in [1.807, 2.05) is 24.0 Å². The van der Waals surface area contributed by atoms with E-state index in [0.717, 1.165) is 36.9 Å². The lowest BCUT2D eigenvalue weighted by molar-refractivity contribution is -0.135. The van der Waals surface area contributed by atoms with E-state index in [4.69, 9.17) is 10.5 Å². The van der Waals surface area contributed by atoms with Gasteiger partial charge >= 0.3 is 6.01 Å². The fourth-order valence-electron chi connectivity index (χ4n) is 3.83. The topological polar surface area (TPSA) is 132 Å². The predicted octanol–water partition coefficient (Wildman–Crippen LogP) is 3.03. The van der Waals surface area contributed by atoms with Crippen molar-refractivity contribution in [3.8, 4) is 12.0 Å². The first kappa shape index (κ1) is 22.8. The van der Waals surface area contributed by atoms with Crippen LogP contribution in [0.1, 0.15) is 63.6 Å². The number of ether oxygens (including phenoxy) is 1. The molecule has 33 heavy (non-hydrogen) atoms. The predicted molar refractivity (Wildman–Crippen MR) is 124 cm³/mol. The van der Waals surface area contributed by atoms with Gasteiger partial charge in [-0.25, -0.2) is 0 Å². The molecule has 10 heteroatoms. The second kappa shape index (κ2) is 10.0. The van der Waals surface area contributed by atoms with Gasteiger partial charge in [-0.05, 0) is 37.3 Å². The first-order valence-corrected chi connectivity index (χ1v) is 11.6. The third-order valence-electron chi connectivity index (χ3n) is 6.01. The molecule has 0 radical (unpaired) electrons. The number of aromatic nitrogens is 5. The summed E-state index contributed by atoms with van der Waals surface area (Å²) in [5.74, 6) is 0.327. The van der Waals surface area contributed by atoms with E-state index in [2.05, 4.69) is 26.9 Å². The molecule has 0 aliphatic heterocycles. The summed E-state index contributed by atoms with van der Waals surface area (Å²) in [5.41, 5.74) is 8.42. The molecule has 3 aromatic heterocycles. The molecule has 1 aliphatic carbocycles. The zero-order chi connectivity index (χ0) is 23.4. The Morgan fingerprint density at radius 2 is 2.09 bits per heavy atom. The normalized spacial score (nSPS) is 13.8. The summed E-state index contributed by atoms with van der Waals surface area (Å²) in [4.78, 5) is 31.5. The fourth-order valence-corrected chi connectivity index (χ4v) is 3.83. The number of nitrogen functional groups attached to an aromatic ring is 1. The van der Waals surface area contributed by atoms with Crippen LogP contribution in [-0.2, 0) is 17.9 Å². The first-order valence-electron chi connectivity index (χ1n) is 11.6. The number of hydrogen-bond acceptors (Lipinski definition) is 8. The van der Waals surface area contributed by atoms with Crippen molar-refractivity contribution in [2.75, 3.05) is 12.3 Å². The van der Waals surface area contributed by atoms with Gasteiger partial charge in [-0.15, -0.1) is 0 Å². The summed E-state index contributed by atoms with van der Waals surface area (Å²) in [6.07, 6.45) is 7.47. The van der Waals surface area contributed by atoms with E-state index in [1.54, 1.807) is 6.20 Å². The Morgan fingerprint density at radius 3 is 2.73 bits per heavy atom. The van der Waals surface area contributed by atoms with Crippen LogP contribution in [0.5, 0.6) is 12.0 Å². The number of anilines is 1. The molecule has 3 N–H and O–H groups in total. The molecule has 10 nitrogen and oxygen atoms in total. The molecule has 4 rings (SSSR count). The van der Waals surface area contributed by atoms with E-state index in [1.165, 1.54) is 11.0 Å². The number of nitrogens with zero attached hydrogens (tertiary/aromatic N) is 6. The van der Waals surface area contributed by atoms with Gasteiger partial charge in [-0.3, -0.25) is 14.3 Å². The Labute approximate surface area is 192 Å². The largest absolute Gasteiger partial charge is 0.480 e. The number of carbonyl (C=O) groups excluding carboxylic acids is 1. The third kappa shape index (κ3) is 4.99. The Hall–Kier alpha value is -3.43. The Bertz CT molecular complexity index is 1110. The minimum atomic E-state index is -0.215. The van der Waals surface area contributed by atoms with Crippen molar-refractivity contribution in [1.29, 1.82) is 0 Å². The van der Waals surface area contributed by atoms with Crippen LogP contribution in [0.2, 0.25) is 0 Å². The molecule has 1 amide bonds. The number of imidazole rings is 1. The molecule has 0 aromatic carbocycles. The Balaban J connectivity index is 1.52. The standard InChI is InChI=1S/C23H31N7O3/c1-3-5-11-33-22-27-20(24)19-21(28-22)30(23(32)26-19)14-16-10-9-15(12-25-16)13-29(18(31)4-2)17-7-6-8-17/h9-10,12,17H,3-8,11,13-14H2,1-2H3,(H,26,32)(H2,24,27,28). The van der Waals surface area contributed by atoms with Gasteiger partial charge in [0.25, 0.3) is 6.01 Å². The Morgan fingerprint density at radius 1 is 1.27 bits per heavy atom. The van der Waals surface area contributed by atoms with Crippen molar-refractivity contribution in [3.05, 3.63) is 29.6 Å². The highest BCUT2D eigenvalue weighted by Gasteiger charge is 2.28. The van der Waals surface area contributed by atoms with Crippen LogP contribution < -0.4 is 10.5 Å². The molecule has 1 aliphatic rings. The molecule has 0 unspecified atom stereocenters. The first-order chi connectivity index (χ1) is 16.0. The maximum absolute atomic E-state index is 12.4. The number of aromatic hydroxyl groups is 1. The van der Waals surface area contributed by atoms with E-state index < -0.39 is 0 Å². The average molecular weight is 454 g/mol. The lowest BCUT2D eigenvalue weighted by Crippen LogP contribution is -2.43. The van der Waals surface area contributed by atoms with E-state index in [0.29, 0.717) is 36.8 Å². The van der Waals surface area contributed by atoms with Crippen LogP contribution in [0, 0.1) is 0 Å². The highest BCUT2D eigenvalue weighted by molar-refractivity contribution is 5.83. The number of pyridine rings is 1. The van der Waals surface area contributed by atoms with Crippen LogP contribution in [0.4, 0.5) is 5.82 Å². The minimum Gasteiger partial charge on any atom is -0.480 e. The van der Waals surface area contributed by atoms with Gasteiger partial charge in [0.15, 0.2) is 17.0 Å². The quantitative estimate of drug-likeness (QED) is 0.448. The number of nitrogens with two attached hydrogens (primary N) is 1. The van der Waals surface area contributed by atoms with Crippen molar-refractivity contribution >= 4 is 22.9 Å². The second-order valence-electron chi connectivity index (χ2n) is 8.38.